The SMILES string of the molecule is C=C(C#N)/C(F)=C(\C)F. The van der Waals surface area contributed by atoms with E-state index in [0.717, 1.165) is 6.92 Å². The Morgan fingerprint density at radius 3 is 2.11 bits per heavy atom. The Bertz CT molecular complexity index is 194. The topological polar surface area (TPSA) is 23.8 Å². The molecule has 0 atom stereocenters. The smallest absolute Gasteiger partial charge is 0.171 e. The maximum absolute atomic E-state index is 12.1. The molecule has 0 spiro atoms. The molecule has 0 aromatic heterocycles. The van der Waals surface area contributed by atoms with Gasteiger partial charge in [-0.05, 0) is 6.92 Å². The van der Waals surface area contributed by atoms with Gasteiger partial charge in [-0.25, -0.2) is 8.78 Å². The highest BCUT2D eigenvalue weighted by Crippen LogP contribution is 2.13. The van der Waals surface area contributed by atoms with Crippen LogP contribution in [0.15, 0.2) is 23.8 Å². The largest absolute Gasteiger partial charge is 0.209 e. The van der Waals surface area contributed by atoms with Crippen molar-refractivity contribution in [2.75, 3.05) is 0 Å². The van der Waals surface area contributed by atoms with Crippen LogP contribution in [0.3, 0.4) is 0 Å². The van der Waals surface area contributed by atoms with Crippen molar-refractivity contribution in [3.8, 4) is 6.07 Å². The third-order valence-electron chi connectivity index (χ3n) is 0.702. The molecule has 0 aliphatic rings. The van der Waals surface area contributed by atoms with Crippen LogP contribution >= 0.6 is 0 Å². The average molecular weight is 129 g/mol. The standard InChI is InChI=1S/C6H5F2N/c1-4(3-9)6(8)5(2)7/h1H2,2H3/b6-5-. The van der Waals surface area contributed by atoms with Crippen LogP contribution in [0.4, 0.5) is 8.78 Å². The molecule has 0 N–H and O–H groups in total. The number of halogens is 2. The van der Waals surface area contributed by atoms with Gasteiger partial charge in [0, 0.05) is 0 Å². The second-order valence-corrected chi connectivity index (χ2v) is 1.44. The van der Waals surface area contributed by atoms with E-state index in [1.54, 1.807) is 0 Å². The Labute approximate surface area is 51.9 Å². The molecule has 9 heavy (non-hydrogen) atoms. The average Bonchev–Trinajstić information content (AvgIpc) is 1.84. The molecule has 3 heteroatoms. The fourth-order valence-corrected chi connectivity index (χ4v) is 0.257. The van der Waals surface area contributed by atoms with Crippen molar-refractivity contribution in [1.82, 2.24) is 0 Å². The van der Waals surface area contributed by atoms with E-state index in [1.807, 2.05) is 0 Å². The second kappa shape index (κ2) is 2.98. The lowest BCUT2D eigenvalue weighted by molar-refractivity contribution is 0.551. The van der Waals surface area contributed by atoms with Crippen molar-refractivity contribution >= 4 is 0 Å². The summed E-state index contributed by atoms with van der Waals surface area (Å²) >= 11 is 0. The molecule has 0 saturated heterocycles. The lowest BCUT2D eigenvalue weighted by Gasteiger charge is -1.88. The van der Waals surface area contributed by atoms with Gasteiger partial charge >= 0.3 is 0 Å². The minimum Gasteiger partial charge on any atom is -0.209 e. The first kappa shape index (κ1) is 7.83. The summed E-state index contributed by atoms with van der Waals surface area (Å²) in [5.41, 5.74) is -0.477. The van der Waals surface area contributed by atoms with E-state index in [4.69, 9.17) is 5.26 Å². The Hall–Kier alpha value is -1.17. The van der Waals surface area contributed by atoms with E-state index in [9.17, 15) is 8.78 Å². The molecule has 48 valence electrons. The lowest BCUT2D eigenvalue weighted by atomic mass is 10.3. The van der Waals surface area contributed by atoms with E-state index < -0.39 is 17.2 Å². The van der Waals surface area contributed by atoms with Gasteiger partial charge in [-0.1, -0.05) is 6.58 Å². The number of hydrogen-bond acceptors (Lipinski definition) is 1. The van der Waals surface area contributed by atoms with Crippen LogP contribution < -0.4 is 0 Å². The maximum atomic E-state index is 12.1. The van der Waals surface area contributed by atoms with Gasteiger partial charge in [0.1, 0.15) is 11.9 Å². The van der Waals surface area contributed by atoms with Crippen LogP contribution in [0.25, 0.3) is 0 Å². The molecule has 0 saturated carbocycles. The van der Waals surface area contributed by atoms with Crippen LogP contribution in [0.5, 0.6) is 0 Å². The highest BCUT2D eigenvalue weighted by Gasteiger charge is 2.03. The normalized spacial score (nSPS) is 11.8. The summed E-state index contributed by atoms with van der Waals surface area (Å²) in [6.45, 7) is 3.89. The number of nitrogens with zero attached hydrogens (tertiary/aromatic N) is 1. The monoisotopic (exact) mass is 129 g/mol. The Morgan fingerprint density at radius 2 is 2.00 bits per heavy atom. The first-order chi connectivity index (χ1) is 4.09. The molecule has 0 aliphatic carbocycles. The van der Waals surface area contributed by atoms with Crippen molar-refractivity contribution in [1.29, 1.82) is 5.26 Å². The molecule has 0 aromatic rings. The summed E-state index contributed by atoms with van der Waals surface area (Å²) in [4.78, 5) is 0. The molecular formula is C6H5F2N. The predicted octanol–water partition coefficient (Wildman–Crippen LogP) is 2.24. The predicted molar refractivity (Wildman–Crippen MR) is 29.7 cm³/mol. The first-order valence-corrected chi connectivity index (χ1v) is 2.21. The fourth-order valence-electron chi connectivity index (χ4n) is 0.257. The zero-order chi connectivity index (χ0) is 7.44. The van der Waals surface area contributed by atoms with Gasteiger partial charge in [0.25, 0.3) is 0 Å². The molecular weight excluding hydrogens is 124 g/mol. The molecule has 0 unspecified atom stereocenters. The van der Waals surface area contributed by atoms with E-state index in [1.165, 1.54) is 6.07 Å². The Balaban J connectivity index is 4.45. The van der Waals surface area contributed by atoms with E-state index in [2.05, 4.69) is 6.58 Å². The maximum Gasteiger partial charge on any atom is 0.171 e. The number of rotatable bonds is 1. The van der Waals surface area contributed by atoms with Crippen molar-refractivity contribution in [2.24, 2.45) is 0 Å². The van der Waals surface area contributed by atoms with Crippen molar-refractivity contribution in [3.63, 3.8) is 0 Å². The summed E-state index contributed by atoms with van der Waals surface area (Å²) in [6.07, 6.45) is 0. The molecule has 0 heterocycles. The van der Waals surface area contributed by atoms with Crippen LogP contribution in [-0.2, 0) is 0 Å². The lowest BCUT2D eigenvalue weighted by Crippen LogP contribution is -1.78. The van der Waals surface area contributed by atoms with Gasteiger partial charge in [0.2, 0.25) is 0 Å². The molecule has 0 rings (SSSR count). The van der Waals surface area contributed by atoms with Crippen molar-refractivity contribution < 1.29 is 8.78 Å². The molecule has 0 amide bonds. The van der Waals surface area contributed by atoms with Crippen LogP contribution in [0.1, 0.15) is 6.92 Å². The van der Waals surface area contributed by atoms with Crippen LogP contribution in [-0.4, -0.2) is 0 Å². The summed E-state index contributed by atoms with van der Waals surface area (Å²) in [5, 5.41) is 7.96. The molecule has 0 bridgehead atoms. The summed E-state index contributed by atoms with van der Waals surface area (Å²) in [6, 6.07) is 1.38. The minimum absolute atomic E-state index is 0.477. The number of allylic oxidation sites excluding steroid dienone is 3. The zero-order valence-corrected chi connectivity index (χ0v) is 4.91. The third-order valence-corrected chi connectivity index (χ3v) is 0.702. The van der Waals surface area contributed by atoms with Gasteiger partial charge in [-0.15, -0.1) is 0 Å². The van der Waals surface area contributed by atoms with Gasteiger partial charge in [0.05, 0.1) is 5.57 Å². The number of nitriles is 1. The second-order valence-electron chi connectivity index (χ2n) is 1.44. The van der Waals surface area contributed by atoms with Crippen molar-refractivity contribution in [3.05, 3.63) is 23.8 Å². The van der Waals surface area contributed by atoms with Crippen LogP contribution in [0.2, 0.25) is 0 Å². The zero-order valence-electron chi connectivity index (χ0n) is 4.91. The highest BCUT2D eigenvalue weighted by molar-refractivity contribution is 5.35. The summed E-state index contributed by atoms with van der Waals surface area (Å²) in [7, 11) is 0. The van der Waals surface area contributed by atoms with Crippen LogP contribution in [0, 0.1) is 11.3 Å². The van der Waals surface area contributed by atoms with E-state index in [0.29, 0.717) is 0 Å². The highest BCUT2D eigenvalue weighted by atomic mass is 19.2. The molecule has 0 radical (unpaired) electrons. The van der Waals surface area contributed by atoms with Gasteiger partial charge in [0.15, 0.2) is 5.83 Å². The molecule has 1 nitrogen and oxygen atoms in total. The first-order valence-electron chi connectivity index (χ1n) is 2.21. The quantitative estimate of drug-likeness (QED) is 0.393. The fraction of sp³-hybridized carbons (Fsp3) is 0.167. The van der Waals surface area contributed by atoms with Gasteiger partial charge < -0.3 is 0 Å². The number of hydrogen-bond donors (Lipinski definition) is 0. The van der Waals surface area contributed by atoms with Crippen molar-refractivity contribution in [2.45, 2.75) is 6.92 Å². The Kier molecular flexibility index (Phi) is 2.59. The van der Waals surface area contributed by atoms with E-state index in [-0.39, 0.29) is 0 Å². The molecule has 0 fully saturated rings. The Morgan fingerprint density at radius 1 is 1.56 bits per heavy atom. The molecule has 0 aromatic carbocycles. The van der Waals surface area contributed by atoms with E-state index >= 15 is 0 Å². The third kappa shape index (κ3) is 2.04. The summed E-state index contributed by atoms with van der Waals surface area (Å²) in [5.74, 6) is -2.18. The minimum atomic E-state index is -1.17. The summed E-state index contributed by atoms with van der Waals surface area (Å²) < 4.78 is 23.9. The van der Waals surface area contributed by atoms with Gasteiger partial charge in [-0.2, -0.15) is 5.26 Å². The van der Waals surface area contributed by atoms with Gasteiger partial charge in [-0.3, -0.25) is 0 Å². The molecule has 0 aliphatic heterocycles.